The minimum absolute atomic E-state index is 0.538. The molecule has 0 aliphatic rings. The number of nitrogens with zero attached hydrogens (tertiary/aromatic N) is 3. The van der Waals surface area contributed by atoms with Crippen LogP contribution in [0.15, 0.2) is 30.3 Å². The van der Waals surface area contributed by atoms with Crippen LogP contribution in [-0.4, -0.2) is 16.5 Å². The Morgan fingerprint density at radius 2 is 1.90 bits per heavy atom. The van der Waals surface area contributed by atoms with E-state index in [0.717, 1.165) is 18.1 Å². The molecule has 0 aliphatic heterocycles. The van der Waals surface area contributed by atoms with Crippen molar-refractivity contribution in [3.8, 4) is 6.07 Å². The van der Waals surface area contributed by atoms with Crippen molar-refractivity contribution in [1.82, 2.24) is 9.97 Å². The number of aromatic nitrogens is 2. The summed E-state index contributed by atoms with van der Waals surface area (Å²) in [5, 5.41) is 15.6. The lowest BCUT2D eigenvalue weighted by Crippen LogP contribution is -2.10. The molecule has 5 nitrogen and oxygen atoms in total. The molecule has 1 aromatic heterocycles. The van der Waals surface area contributed by atoms with Gasteiger partial charge < -0.3 is 10.6 Å². The van der Waals surface area contributed by atoms with E-state index in [1.165, 1.54) is 0 Å². The molecule has 0 aliphatic carbocycles. The van der Waals surface area contributed by atoms with Crippen LogP contribution in [0, 0.1) is 24.2 Å². The zero-order valence-electron chi connectivity index (χ0n) is 12.5. The van der Waals surface area contributed by atoms with E-state index in [9.17, 15) is 0 Å². The lowest BCUT2D eigenvalue weighted by Gasteiger charge is -2.12. The molecule has 0 atom stereocenters. The fourth-order valence-corrected chi connectivity index (χ4v) is 1.86. The van der Waals surface area contributed by atoms with Crippen LogP contribution < -0.4 is 10.6 Å². The Hall–Kier alpha value is -2.61. The maximum atomic E-state index is 9.12. The summed E-state index contributed by atoms with van der Waals surface area (Å²) in [4.78, 5) is 8.72. The summed E-state index contributed by atoms with van der Waals surface area (Å²) < 4.78 is 0. The molecule has 5 heteroatoms. The first-order valence-electron chi connectivity index (χ1n) is 6.94. The summed E-state index contributed by atoms with van der Waals surface area (Å²) in [5.74, 6) is 2.68. The van der Waals surface area contributed by atoms with Crippen LogP contribution in [-0.2, 0) is 0 Å². The molecule has 0 unspecified atom stereocenters. The molecular weight excluding hydrogens is 262 g/mol. The maximum Gasteiger partial charge on any atom is 0.136 e. The van der Waals surface area contributed by atoms with Gasteiger partial charge in [0.25, 0.3) is 0 Å². The number of rotatable bonds is 5. The van der Waals surface area contributed by atoms with Gasteiger partial charge >= 0.3 is 0 Å². The molecule has 0 bridgehead atoms. The van der Waals surface area contributed by atoms with Crippen LogP contribution in [0.5, 0.6) is 0 Å². The Labute approximate surface area is 125 Å². The van der Waals surface area contributed by atoms with Gasteiger partial charge in [0.2, 0.25) is 0 Å². The third-order valence-corrected chi connectivity index (χ3v) is 2.84. The van der Waals surface area contributed by atoms with Crippen LogP contribution in [0.2, 0.25) is 0 Å². The van der Waals surface area contributed by atoms with Crippen molar-refractivity contribution < 1.29 is 0 Å². The fourth-order valence-electron chi connectivity index (χ4n) is 1.86. The van der Waals surface area contributed by atoms with Crippen molar-refractivity contribution in [2.75, 3.05) is 17.2 Å². The van der Waals surface area contributed by atoms with Crippen molar-refractivity contribution >= 4 is 17.3 Å². The van der Waals surface area contributed by atoms with Gasteiger partial charge in [0.1, 0.15) is 23.5 Å². The Morgan fingerprint density at radius 1 is 1.19 bits per heavy atom. The van der Waals surface area contributed by atoms with Gasteiger partial charge in [0.15, 0.2) is 0 Å². The number of nitriles is 1. The van der Waals surface area contributed by atoms with Crippen molar-refractivity contribution in [3.63, 3.8) is 0 Å². The summed E-state index contributed by atoms with van der Waals surface area (Å²) in [6, 6.07) is 11.4. The number of aryl methyl sites for hydroxylation is 1. The highest BCUT2D eigenvalue weighted by Gasteiger charge is 2.05. The molecule has 0 radical (unpaired) electrons. The van der Waals surface area contributed by atoms with Gasteiger partial charge in [-0.2, -0.15) is 5.26 Å². The first-order valence-corrected chi connectivity index (χ1v) is 6.94. The average molecular weight is 281 g/mol. The average Bonchev–Trinajstić information content (AvgIpc) is 2.45. The predicted octanol–water partition coefficient (Wildman–Crippen LogP) is 3.47. The molecule has 108 valence electrons. The van der Waals surface area contributed by atoms with Gasteiger partial charge in [-0.05, 0) is 25.0 Å². The molecule has 0 saturated carbocycles. The summed E-state index contributed by atoms with van der Waals surface area (Å²) in [6.45, 7) is 6.99. The SMILES string of the molecule is Cc1nc(NCC(C)C)cc(Nc2ccccc2C#N)n1. The maximum absolute atomic E-state index is 9.12. The van der Waals surface area contributed by atoms with Crippen LogP contribution in [0.1, 0.15) is 25.2 Å². The monoisotopic (exact) mass is 281 g/mol. The van der Waals surface area contributed by atoms with E-state index in [1.807, 2.05) is 31.2 Å². The number of anilines is 3. The Bertz CT molecular complexity index is 658. The largest absolute Gasteiger partial charge is 0.370 e. The van der Waals surface area contributed by atoms with Gasteiger partial charge in [0.05, 0.1) is 11.3 Å². The zero-order chi connectivity index (χ0) is 15.2. The second-order valence-electron chi connectivity index (χ2n) is 5.24. The van der Waals surface area contributed by atoms with E-state index in [4.69, 9.17) is 5.26 Å². The minimum Gasteiger partial charge on any atom is -0.370 e. The van der Waals surface area contributed by atoms with E-state index in [-0.39, 0.29) is 0 Å². The predicted molar refractivity (Wildman–Crippen MR) is 84.5 cm³/mol. The summed E-state index contributed by atoms with van der Waals surface area (Å²) in [6.07, 6.45) is 0. The van der Waals surface area contributed by atoms with Crippen molar-refractivity contribution in [2.24, 2.45) is 5.92 Å². The summed E-state index contributed by atoms with van der Waals surface area (Å²) in [5.41, 5.74) is 1.33. The Morgan fingerprint density at radius 3 is 2.62 bits per heavy atom. The quantitative estimate of drug-likeness (QED) is 0.877. The minimum atomic E-state index is 0.538. The second kappa shape index (κ2) is 6.71. The first-order chi connectivity index (χ1) is 10.1. The number of hydrogen-bond acceptors (Lipinski definition) is 5. The molecule has 1 aromatic carbocycles. The zero-order valence-corrected chi connectivity index (χ0v) is 12.5. The summed E-state index contributed by atoms with van der Waals surface area (Å²) in [7, 11) is 0. The molecule has 0 fully saturated rings. The molecule has 1 heterocycles. The molecule has 2 N–H and O–H groups in total. The van der Waals surface area contributed by atoms with Gasteiger partial charge in [-0.25, -0.2) is 9.97 Å². The first kappa shape index (κ1) is 14.8. The van der Waals surface area contributed by atoms with Gasteiger partial charge in [-0.3, -0.25) is 0 Å². The smallest absolute Gasteiger partial charge is 0.136 e. The third kappa shape index (κ3) is 4.18. The third-order valence-electron chi connectivity index (χ3n) is 2.84. The summed E-state index contributed by atoms with van der Waals surface area (Å²) >= 11 is 0. The molecule has 0 amide bonds. The Balaban J connectivity index is 2.22. The van der Waals surface area contributed by atoms with Gasteiger partial charge in [-0.1, -0.05) is 26.0 Å². The highest BCUT2D eigenvalue weighted by Crippen LogP contribution is 2.20. The highest BCUT2D eigenvalue weighted by atomic mass is 15.1. The normalized spacial score (nSPS) is 10.2. The molecule has 0 saturated heterocycles. The number of benzene rings is 1. The van der Waals surface area contributed by atoms with E-state index in [0.29, 0.717) is 23.1 Å². The topological polar surface area (TPSA) is 73.6 Å². The van der Waals surface area contributed by atoms with Crippen molar-refractivity contribution in [3.05, 3.63) is 41.7 Å². The van der Waals surface area contributed by atoms with Crippen molar-refractivity contribution in [1.29, 1.82) is 5.26 Å². The molecule has 21 heavy (non-hydrogen) atoms. The molecule has 2 aromatic rings. The van der Waals surface area contributed by atoms with Gasteiger partial charge in [-0.15, -0.1) is 0 Å². The van der Waals surface area contributed by atoms with E-state index >= 15 is 0 Å². The number of hydrogen-bond donors (Lipinski definition) is 2. The molecular formula is C16H19N5. The van der Waals surface area contributed by atoms with Crippen LogP contribution in [0.4, 0.5) is 17.3 Å². The Kier molecular flexibility index (Phi) is 4.72. The fraction of sp³-hybridized carbons (Fsp3) is 0.312. The number of nitrogens with one attached hydrogen (secondary N) is 2. The lowest BCUT2D eigenvalue weighted by molar-refractivity contribution is 0.686. The standard InChI is InChI=1S/C16H19N5/c1-11(2)10-18-15-8-16(20-12(3)19-15)21-14-7-5-4-6-13(14)9-17/h4-8,11H,10H2,1-3H3,(H2,18,19,20,21). The van der Waals surface area contributed by atoms with E-state index < -0.39 is 0 Å². The van der Waals surface area contributed by atoms with E-state index in [2.05, 4.69) is 40.5 Å². The van der Waals surface area contributed by atoms with Crippen molar-refractivity contribution in [2.45, 2.75) is 20.8 Å². The van der Waals surface area contributed by atoms with Crippen LogP contribution in [0.3, 0.4) is 0 Å². The molecule has 2 rings (SSSR count). The molecule has 0 spiro atoms. The second-order valence-corrected chi connectivity index (χ2v) is 5.24. The van der Waals surface area contributed by atoms with Gasteiger partial charge in [0, 0.05) is 12.6 Å². The highest BCUT2D eigenvalue weighted by molar-refractivity contribution is 5.65. The lowest BCUT2D eigenvalue weighted by atomic mass is 10.2. The van der Waals surface area contributed by atoms with Crippen LogP contribution in [0.25, 0.3) is 0 Å². The van der Waals surface area contributed by atoms with Crippen LogP contribution >= 0.6 is 0 Å². The number of para-hydroxylation sites is 1. The van der Waals surface area contributed by atoms with E-state index in [1.54, 1.807) is 6.07 Å².